The zero-order valence-corrected chi connectivity index (χ0v) is 13.5. The minimum atomic E-state index is -5.06. The van der Waals surface area contributed by atoms with Gasteiger partial charge in [0.15, 0.2) is 0 Å². The summed E-state index contributed by atoms with van der Waals surface area (Å²) in [4.78, 5) is 12.1. The van der Waals surface area contributed by atoms with Crippen LogP contribution in [-0.4, -0.2) is 17.2 Å². The first kappa shape index (κ1) is 18.1. The first-order valence-electron chi connectivity index (χ1n) is 7.26. The van der Waals surface area contributed by atoms with Gasteiger partial charge in [0.1, 0.15) is 11.5 Å². The van der Waals surface area contributed by atoms with Crippen molar-refractivity contribution in [1.82, 2.24) is 0 Å². The smallest absolute Gasteiger partial charge is 0.425 e. The fourth-order valence-corrected chi connectivity index (χ4v) is 2.30. The topological polar surface area (TPSA) is 62.5 Å². The van der Waals surface area contributed by atoms with E-state index in [1.54, 1.807) is 19.1 Å². The van der Waals surface area contributed by atoms with E-state index in [0.29, 0.717) is 5.69 Å². The van der Waals surface area contributed by atoms with Gasteiger partial charge < -0.3 is 14.8 Å². The highest BCUT2D eigenvalue weighted by Gasteiger charge is 2.58. The monoisotopic (exact) mass is 341 g/mol. The number of furan rings is 1. The maximum absolute atomic E-state index is 13.4. The van der Waals surface area contributed by atoms with Gasteiger partial charge in [0.05, 0.1) is 6.42 Å². The van der Waals surface area contributed by atoms with Gasteiger partial charge in [-0.15, -0.1) is 0 Å². The second-order valence-electron chi connectivity index (χ2n) is 5.74. The lowest BCUT2D eigenvalue weighted by atomic mass is 9.95. The van der Waals surface area contributed by atoms with Crippen LogP contribution in [0, 0.1) is 20.8 Å². The van der Waals surface area contributed by atoms with Gasteiger partial charge in [-0.05, 0) is 50.1 Å². The molecule has 0 aliphatic carbocycles. The van der Waals surface area contributed by atoms with Crippen LogP contribution in [0.2, 0.25) is 0 Å². The second-order valence-corrected chi connectivity index (χ2v) is 5.74. The highest BCUT2D eigenvalue weighted by atomic mass is 19.4. The average Bonchev–Trinajstić information content (AvgIpc) is 2.89. The third-order valence-electron chi connectivity index (χ3n) is 3.91. The van der Waals surface area contributed by atoms with E-state index < -0.39 is 29.9 Å². The summed E-state index contributed by atoms with van der Waals surface area (Å²) in [5.74, 6) is -1.45. The van der Waals surface area contributed by atoms with E-state index in [9.17, 15) is 23.1 Å². The Balaban J connectivity index is 2.27. The molecular formula is C17H18F3NO3. The highest BCUT2D eigenvalue weighted by molar-refractivity contribution is 5.92. The zero-order valence-electron chi connectivity index (χ0n) is 13.5. The molecule has 1 aromatic carbocycles. The van der Waals surface area contributed by atoms with E-state index >= 15 is 0 Å². The normalized spacial score (nSPS) is 14.3. The molecular weight excluding hydrogens is 323 g/mol. The van der Waals surface area contributed by atoms with Crippen LogP contribution in [0.25, 0.3) is 0 Å². The van der Waals surface area contributed by atoms with Crippen molar-refractivity contribution in [2.24, 2.45) is 0 Å². The minimum absolute atomic E-state index is 0.211. The minimum Gasteiger partial charge on any atom is -0.463 e. The fourth-order valence-electron chi connectivity index (χ4n) is 2.30. The molecule has 1 aromatic heterocycles. The number of rotatable bonds is 4. The number of amides is 1. The first-order valence-corrected chi connectivity index (χ1v) is 7.26. The van der Waals surface area contributed by atoms with E-state index in [4.69, 9.17) is 4.42 Å². The van der Waals surface area contributed by atoms with E-state index in [0.717, 1.165) is 17.2 Å². The summed E-state index contributed by atoms with van der Waals surface area (Å²) in [6.45, 7) is 5.02. The van der Waals surface area contributed by atoms with Crippen LogP contribution < -0.4 is 5.32 Å². The van der Waals surface area contributed by atoms with Crippen molar-refractivity contribution in [2.45, 2.75) is 39.0 Å². The molecule has 1 atom stereocenters. The van der Waals surface area contributed by atoms with Gasteiger partial charge in [0, 0.05) is 5.69 Å². The fraction of sp³-hybridized carbons (Fsp3) is 0.353. The first-order chi connectivity index (χ1) is 11.0. The van der Waals surface area contributed by atoms with Crippen LogP contribution >= 0.6 is 0 Å². The Labute approximate surface area is 137 Å². The number of aliphatic hydroxyl groups is 1. The molecule has 0 aliphatic rings. The van der Waals surface area contributed by atoms with Gasteiger partial charge in [-0.25, -0.2) is 0 Å². The Hall–Kier alpha value is -2.28. The Morgan fingerprint density at radius 1 is 1.17 bits per heavy atom. The summed E-state index contributed by atoms with van der Waals surface area (Å²) < 4.78 is 45.0. The number of carbonyl (C=O) groups excluding carboxylic acids is 1. The van der Waals surface area contributed by atoms with Gasteiger partial charge in [0.2, 0.25) is 11.5 Å². The summed E-state index contributed by atoms with van der Waals surface area (Å²) in [5, 5.41) is 12.5. The Morgan fingerprint density at radius 3 is 2.38 bits per heavy atom. The lowest BCUT2D eigenvalue weighted by Crippen LogP contribution is -2.44. The maximum atomic E-state index is 13.4. The highest BCUT2D eigenvalue weighted by Crippen LogP contribution is 2.42. The molecule has 0 fully saturated rings. The Bertz CT molecular complexity index is 752. The molecule has 0 spiro atoms. The van der Waals surface area contributed by atoms with E-state index in [1.165, 1.54) is 13.0 Å². The molecule has 1 amide bonds. The Kier molecular flexibility index (Phi) is 4.75. The molecule has 0 saturated carbocycles. The number of anilines is 1. The maximum Gasteiger partial charge on any atom is 0.425 e. The standard InChI is InChI=1S/C17H18F3NO3/c1-10-5-4-6-13(12(10)3)21-15(22)9-16(23,17(18,19)20)14-8-7-11(2)24-14/h4-8,23H,9H2,1-3H3,(H,21,22). The molecule has 0 radical (unpaired) electrons. The number of carbonyl (C=O) groups is 1. The van der Waals surface area contributed by atoms with Crippen molar-refractivity contribution >= 4 is 11.6 Å². The molecule has 1 heterocycles. The predicted molar refractivity (Wildman–Crippen MR) is 82.6 cm³/mol. The molecule has 130 valence electrons. The predicted octanol–water partition coefficient (Wildman–Crippen LogP) is 3.98. The van der Waals surface area contributed by atoms with Crippen molar-refractivity contribution in [3.8, 4) is 0 Å². The molecule has 0 bridgehead atoms. The van der Waals surface area contributed by atoms with Crippen molar-refractivity contribution in [3.05, 3.63) is 53.0 Å². The number of hydrogen-bond donors (Lipinski definition) is 2. The van der Waals surface area contributed by atoms with Gasteiger partial charge in [-0.1, -0.05) is 12.1 Å². The number of aryl methyl sites for hydroxylation is 2. The molecule has 4 nitrogen and oxygen atoms in total. The number of nitrogens with one attached hydrogen (secondary N) is 1. The van der Waals surface area contributed by atoms with Crippen LogP contribution in [0.5, 0.6) is 0 Å². The summed E-state index contributed by atoms with van der Waals surface area (Å²) in [7, 11) is 0. The molecule has 24 heavy (non-hydrogen) atoms. The van der Waals surface area contributed by atoms with Crippen LogP contribution in [0.15, 0.2) is 34.7 Å². The SMILES string of the molecule is Cc1ccc(C(O)(CC(=O)Nc2cccc(C)c2C)C(F)(F)F)o1. The molecule has 2 aromatic rings. The van der Waals surface area contributed by atoms with Crippen LogP contribution in [0.1, 0.15) is 29.1 Å². The van der Waals surface area contributed by atoms with Gasteiger partial charge >= 0.3 is 6.18 Å². The van der Waals surface area contributed by atoms with Crippen molar-refractivity contribution < 1.29 is 27.5 Å². The molecule has 1 unspecified atom stereocenters. The lowest BCUT2D eigenvalue weighted by Gasteiger charge is -2.28. The van der Waals surface area contributed by atoms with Crippen molar-refractivity contribution in [2.75, 3.05) is 5.32 Å². The second kappa shape index (κ2) is 6.32. The molecule has 7 heteroatoms. The largest absolute Gasteiger partial charge is 0.463 e. The molecule has 0 aliphatic heterocycles. The summed E-state index contributed by atoms with van der Waals surface area (Å²) in [6, 6.07) is 7.42. The van der Waals surface area contributed by atoms with Crippen molar-refractivity contribution in [3.63, 3.8) is 0 Å². The van der Waals surface area contributed by atoms with Gasteiger partial charge in [0.25, 0.3) is 0 Å². The average molecular weight is 341 g/mol. The summed E-state index contributed by atoms with van der Waals surface area (Å²) in [6.07, 6.45) is -6.26. The Morgan fingerprint density at radius 2 is 1.83 bits per heavy atom. The molecule has 2 N–H and O–H groups in total. The number of hydrogen-bond acceptors (Lipinski definition) is 3. The van der Waals surface area contributed by atoms with Crippen LogP contribution in [0.3, 0.4) is 0 Å². The van der Waals surface area contributed by atoms with Crippen LogP contribution in [-0.2, 0) is 10.4 Å². The third kappa shape index (κ3) is 3.46. The van der Waals surface area contributed by atoms with E-state index in [2.05, 4.69) is 5.32 Å². The van der Waals surface area contributed by atoms with E-state index in [1.807, 2.05) is 13.0 Å². The number of halogens is 3. The summed E-state index contributed by atoms with van der Waals surface area (Å²) >= 11 is 0. The van der Waals surface area contributed by atoms with Gasteiger partial charge in [-0.2, -0.15) is 13.2 Å². The van der Waals surface area contributed by atoms with Gasteiger partial charge in [-0.3, -0.25) is 4.79 Å². The van der Waals surface area contributed by atoms with E-state index in [-0.39, 0.29) is 5.76 Å². The quantitative estimate of drug-likeness (QED) is 0.884. The van der Waals surface area contributed by atoms with Crippen molar-refractivity contribution in [1.29, 1.82) is 0 Å². The summed E-state index contributed by atoms with van der Waals surface area (Å²) in [5.41, 5.74) is -1.35. The molecule has 0 saturated heterocycles. The van der Waals surface area contributed by atoms with Crippen LogP contribution in [0.4, 0.5) is 18.9 Å². The number of alkyl halides is 3. The number of benzene rings is 1. The zero-order chi connectivity index (χ0) is 18.1. The third-order valence-corrected chi connectivity index (χ3v) is 3.91. The lowest BCUT2D eigenvalue weighted by molar-refractivity contribution is -0.272. The molecule has 2 rings (SSSR count).